The number of benzene rings is 5. The number of nitrogens with one attached hydrogen (secondary N) is 4. The van der Waals surface area contributed by atoms with E-state index in [1.165, 1.54) is 54.0 Å². The number of alkyl halides is 3. The van der Waals surface area contributed by atoms with Gasteiger partial charge >= 0.3 is 6.36 Å². The van der Waals surface area contributed by atoms with Crippen LogP contribution >= 0.6 is 11.6 Å². The van der Waals surface area contributed by atoms with Gasteiger partial charge in [0, 0.05) is 97.0 Å². The predicted molar refractivity (Wildman–Crippen MR) is 329 cm³/mol. The summed E-state index contributed by atoms with van der Waals surface area (Å²) >= 11 is 6.09. The lowest BCUT2D eigenvalue weighted by molar-refractivity contribution is -0.275. The molecule has 4 aliphatic rings. The molecule has 0 radical (unpaired) electrons. The third-order valence-corrected chi connectivity index (χ3v) is 16.7. The van der Waals surface area contributed by atoms with Gasteiger partial charge in [0.25, 0.3) is 5.91 Å². The van der Waals surface area contributed by atoms with Crippen molar-refractivity contribution in [1.82, 2.24) is 40.9 Å². The van der Waals surface area contributed by atoms with E-state index in [1.54, 1.807) is 30.3 Å². The largest absolute Gasteiger partial charge is 0.573 e. The van der Waals surface area contributed by atoms with Gasteiger partial charge in [-0.25, -0.2) is 4.39 Å². The Morgan fingerprint density at radius 3 is 1.87 bits per heavy atom. The molecule has 0 saturated carbocycles. The number of ether oxygens (including phenoxy) is 1. The first-order chi connectivity index (χ1) is 42.9. The first-order valence-electron chi connectivity index (χ1n) is 32.6. The van der Waals surface area contributed by atoms with Gasteiger partial charge in [0.05, 0.1) is 14.8 Å². The van der Waals surface area contributed by atoms with Crippen molar-refractivity contribution in [2.75, 3.05) is 78.5 Å². The quantitative estimate of drug-likeness (QED) is 0.0394. The highest BCUT2D eigenvalue weighted by molar-refractivity contribution is 6.31. The van der Waals surface area contributed by atoms with E-state index in [0.29, 0.717) is 43.9 Å². The fraction of sp³-hybridized carbons (Fsp3) is 0.493. The molecule has 4 amide bonds. The van der Waals surface area contributed by atoms with Crippen molar-refractivity contribution >= 4 is 52.1 Å². The number of hydrogen-bond donors (Lipinski definition) is 4. The lowest BCUT2D eigenvalue weighted by Gasteiger charge is -2.31. The van der Waals surface area contributed by atoms with Crippen LogP contribution in [0.2, 0.25) is 5.02 Å². The Balaban J connectivity index is 0.000000233. The van der Waals surface area contributed by atoms with E-state index in [4.69, 9.17) is 17.1 Å². The van der Waals surface area contributed by atoms with Gasteiger partial charge in [0.1, 0.15) is 0 Å². The minimum absolute atomic E-state index is 0.0684. The van der Waals surface area contributed by atoms with Crippen molar-refractivity contribution in [3.05, 3.63) is 154 Å². The third-order valence-electron chi connectivity index (χ3n) is 16.4. The van der Waals surface area contributed by atoms with Crippen LogP contribution in [0.25, 0.3) is 16.8 Å². The number of hydrogen-bond acceptors (Lipinski definition) is 9. The molecular weight excluding hydrogens is 1110 g/mol. The number of halogens is 5. The molecular formula is C67H85ClF4N8O5. The maximum absolute atomic E-state index is 14.2. The van der Waals surface area contributed by atoms with Crippen LogP contribution in [-0.4, -0.2) is 152 Å². The highest BCUT2D eigenvalue weighted by Crippen LogP contribution is 2.28. The molecule has 9 rings (SSSR count). The van der Waals surface area contributed by atoms with Crippen molar-refractivity contribution in [2.24, 2.45) is 0 Å². The van der Waals surface area contributed by atoms with Crippen molar-refractivity contribution in [3.8, 4) is 5.75 Å². The Kier molecular flexibility index (Phi) is 22.0. The molecule has 0 aliphatic carbocycles. The lowest BCUT2D eigenvalue weighted by Crippen LogP contribution is -2.50. The van der Waals surface area contributed by atoms with E-state index >= 15 is 0 Å². The summed E-state index contributed by atoms with van der Waals surface area (Å²) in [5, 5.41) is 13.6. The number of likely N-dealkylation sites (tertiary alicyclic amines) is 2. The Morgan fingerprint density at radius 1 is 0.729 bits per heavy atom. The number of amides is 4. The standard InChI is InChI=1S/C34H43ClN4O2.C33H42F4N4O3/c1-2-25(26-9-5-3-6-10-26)24-39-20-15-31(37-32(34(39)41)16-19-38-17-7-4-8-18-38)23-36-33(40)29-12-11-28-22-30(35)14-13-27(28)21-29;1-2-25(26-9-5-3-6-10-26)23-41-20-15-27(39-29(32(41)43)16-19-40-17-7-4-8-18-40)22-38-31(42)14-12-24-11-13-30(28(34)21-24)44-33(35,36)37/h3,5-6,9-14,21-22,25,31-32,37H,2,4,7-8,15-20,23-24H2,1H3,(H,36,40);3,5-6,9-14,21,25,27,29,39H,2,4,7-8,15-20,22-23H2,1H3,(H,38,42)/b;14-12+/t25-,31+,32+;25-,27+,29+/m11/s1/i15D2,23D2,31D;. The molecule has 5 aromatic rings. The second-order valence-corrected chi connectivity index (χ2v) is 22.9. The van der Waals surface area contributed by atoms with Crippen molar-refractivity contribution < 1.29 is 48.3 Å². The van der Waals surface area contributed by atoms with Gasteiger partial charge in [-0.15, -0.1) is 13.2 Å². The Hall–Kier alpha value is -6.37. The summed E-state index contributed by atoms with van der Waals surface area (Å²) in [5.41, 5.74) is 2.60. The van der Waals surface area contributed by atoms with E-state index in [-0.39, 0.29) is 66.4 Å². The van der Waals surface area contributed by atoms with E-state index in [9.17, 15) is 38.1 Å². The minimum atomic E-state index is -5.00. The average Bonchev–Trinajstić information content (AvgIpc) is 1.45. The van der Waals surface area contributed by atoms with Crippen LogP contribution in [0, 0.1) is 5.82 Å². The normalized spacial score (nSPS) is 23.4. The molecule has 13 nitrogen and oxygen atoms in total. The molecule has 4 N–H and O–H groups in total. The van der Waals surface area contributed by atoms with Crippen LogP contribution in [0.3, 0.4) is 0 Å². The van der Waals surface area contributed by atoms with Gasteiger partial charge in [-0.05, 0) is 160 Å². The summed E-state index contributed by atoms with van der Waals surface area (Å²) in [6.07, 6.45) is 5.05. The topological polar surface area (TPSA) is 139 Å². The number of piperidine rings is 2. The van der Waals surface area contributed by atoms with Gasteiger partial charge < -0.3 is 45.6 Å². The van der Waals surface area contributed by atoms with Gasteiger partial charge in [-0.1, -0.05) is 117 Å². The molecule has 4 aliphatic heterocycles. The zero-order valence-corrected chi connectivity index (χ0v) is 49.5. The number of carbonyl (C=O) groups excluding carboxylic acids is 4. The van der Waals surface area contributed by atoms with Gasteiger partial charge in [-0.2, -0.15) is 0 Å². The fourth-order valence-corrected chi connectivity index (χ4v) is 11.7. The van der Waals surface area contributed by atoms with Crippen LogP contribution < -0.4 is 26.0 Å². The first-order valence-corrected chi connectivity index (χ1v) is 30.5. The molecule has 18 heteroatoms. The minimum Gasteiger partial charge on any atom is -0.403 e. The molecule has 85 heavy (non-hydrogen) atoms. The molecule has 4 saturated heterocycles. The van der Waals surface area contributed by atoms with Crippen LogP contribution in [-0.2, 0) is 14.4 Å². The average molecular weight is 1200 g/mol. The smallest absolute Gasteiger partial charge is 0.403 e. The highest BCUT2D eigenvalue weighted by Gasteiger charge is 2.35. The molecule has 4 heterocycles. The number of fused-ring (bicyclic) bond motifs is 1. The van der Waals surface area contributed by atoms with Crippen LogP contribution in [0.5, 0.6) is 5.75 Å². The SMILES string of the molecule is CC[C@H](CN1CC[C@@H](CNC(=O)/C=C/c2ccc(OC(F)(F)F)c(F)c2)N[C@@H](CCN2CCCCC2)C1=O)c1ccccc1.[2H]C1([2H])CN(C[C@@H](CC)c2ccccc2)C(=O)[C@H](CCN2CCCCC2)N[C@]1([2H])C([2H])([2H])NC(=O)c1ccc2cc(Cl)ccc2c1. The van der Waals surface area contributed by atoms with Crippen LogP contribution in [0.1, 0.15) is 137 Å². The Bertz CT molecular complexity index is 3220. The summed E-state index contributed by atoms with van der Waals surface area (Å²) in [6.45, 7) is 7.74. The molecule has 4 fully saturated rings. The number of rotatable bonds is 22. The maximum atomic E-state index is 14.2. The monoisotopic (exact) mass is 1200 g/mol. The molecule has 458 valence electrons. The predicted octanol–water partition coefficient (Wildman–Crippen LogP) is 11.3. The molecule has 0 unspecified atom stereocenters. The van der Waals surface area contributed by atoms with Crippen molar-refractivity contribution in [1.29, 1.82) is 0 Å². The zero-order valence-electron chi connectivity index (χ0n) is 53.8. The van der Waals surface area contributed by atoms with Gasteiger partial charge in [-0.3, -0.25) is 19.2 Å². The summed E-state index contributed by atoms with van der Waals surface area (Å²) < 4.78 is 100. The van der Waals surface area contributed by atoms with E-state index in [2.05, 4.69) is 54.9 Å². The van der Waals surface area contributed by atoms with E-state index in [1.807, 2.05) is 60.4 Å². The number of carbonyl (C=O) groups is 4. The summed E-state index contributed by atoms with van der Waals surface area (Å²) in [6, 6.07) is 28.8. The number of nitrogens with zero attached hydrogens (tertiary/aromatic N) is 4. The first kappa shape index (κ1) is 57.7. The zero-order chi connectivity index (χ0) is 64.6. The van der Waals surface area contributed by atoms with E-state index in [0.717, 1.165) is 86.9 Å². The summed E-state index contributed by atoms with van der Waals surface area (Å²) in [4.78, 5) is 62.1. The molecule has 0 aromatic heterocycles. The molecule has 0 spiro atoms. The van der Waals surface area contributed by atoms with Gasteiger partial charge in [0.15, 0.2) is 11.6 Å². The molecule has 5 aromatic carbocycles. The molecule has 0 bridgehead atoms. The second kappa shape index (κ2) is 32.4. The van der Waals surface area contributed by atoms with Crippen molar-refractivity contribution in [2.45, 2.75) is 133 Å². The van der Waals surface area contributed by atoms with Crippen LogP contribution in [0.15, 0.2) is 121 Å². The van der Waals surface area contributed by atoms with Crippen molar-refractivity contribution in [3.63, 3.8) is 0 Å². The second-order valence-electron chi connectivity index (χ2n) is 22.5. The van der Waals surface area contributed by atoms with E-state index < -0.39 is 61.2 Å². The fourth-order valence-electron chi connectivity index (χ4n) is 11.6. The highest BCUT2D eigenvalue weighted by atomic mass is 35.5. The Morgan fingerprint density at radius 2 is 1.29 bits per heavy atom. The van der Waals surface area contributed by atoms with Gasteiger partial charge in [0.2, 0.25) is 17.7 Å². The summed E-state index contributed by atoms with van der Waals surface area (Å²) in [5.74, 6) is -3.47. The lowest BCUT2D eigenvalue weighted by atomic mass is 9.95. The maximum Gasteiger partial charge on any atom is 0.573 e. The third kappa shape index (κ3) is 20.1. The molecule has 6 atom stereocenters. The Labute approximate surface area is 511 Å². The summed E-state index contributed by atoms with van der Waals surface area (Å²) in [7, 11) is 0. The van der Waals surface area contributed by atoms with Crippen LogP contribution in [0.4, 0.5) is 17.6 Å².